The van der Waals surface area contributed by atoms with E-state index in [0.717, 1.165) is 10.9 Å². The number of fused-ring (bicyclic) bond motifs is 4. The van der Waals surface area contributed by atoms with Crippen LogP contribution in [0.5, 0.6) is 0 Å². The molecule has 3 aliphatic rings. The molecule has 3 aliphatic heterocycles. The number of aliphatic hydroxyl groups excluding tert-OH is 3. The Morgan fingerprint density at radius 1 is 1.04 bits per heavy atom. The van der Waals surface area contributed by atoms with E-state index in [1.165, 1.54) is 29.4 Å². The maximum atomic E-state index is 12.7. The summed E-state index contributed by atoms with van der Waals surface area (Å²) in [4.78, 5) is 71.9. The molecule has 10 N–H and O–H groups in total. The van der Waals surface area contributed by atoms with Crippen LogP contribution >= 0.6 is 23.5 Å². The first-order valence-corrected chi connectivity index (χ1v) is 19.6. The van der Waals surface area contributed by atoms with E-state index in [1.54, 1.807) is 0 Å². The molecule has 0 saturated carbocycles. The van der Waals surface area contributed by atoms with Crippen LogP contribution in [0.25, 0.3) is 22.3 Å². The quantitative estimate of drug-likeness (QED) is 0.0497. The minimum atomic E-state index is -5.98. The van der Waals surface area contributed by atoms with Gasteiger partial charge in [0.2, 0.25) is 11.7 Å². The summed E-state index contributed by atoms with van der Waals surface area (Å²) in [6.45, 7) is -0.976. The fourth-order valence-corrected chi connectivity index (χ4v) is 9.76. The van der Waals surface area contributed by atoms with Gasteiger partial charge in [0.1, 0.15) is 41.9 Å². The van der Waals surface area contributed by atoms with Gasteiger partial charge in [-0.3, -0.25) is 32.8 Å². The first-order chi connectivity index (χ1) is 24.7. The predicted octanol–water partition coefficient (Wildman–Crippen LogP) is -3.41. The Kier molecular flexibility index (Phi) is 9.43. The SMILES string of the molecule is Cc1nc2c(ncn2[C@@H]2O[C@H](COP(=O)(O)OP(=O)(O)OP(=O)(O)OC[C@]34CO[C@@H](C3O)[C@H]([n+]3cn(C)c5c(=O)[nH]c(N)nc53)O4)C(O)[C@@H]2O)c(=O)[nH]1. The van der Waals surface area contributed by atoms with Crippen molar-refractivity contribution in [2.45, 2.75) is 55.5 Å². The van der Waals surface area contributed by atoms with Gasteiger partial charge < -0.3 is 54.9 Å². The lowest BCUT2D eigenvalue weighted by molar-refractivity contribution is -0.752. The van der Waals surface area contributed by atoms with Gasteiger partial charge in [-0.2, -0.15) is 8.62 Å². The highest BCUT2D eigenvalue weighted by Gasteiger charge is 2.64. The zero-order chi connectivity index (χ0) is 38.4. The maximum absolute atomic E-state index is 12.7. The van der Waals surface area contributed by atoms with Crippen LogP contribution in [0.1, 0.15) is 18.3 Å². The summed E-state index contributed by atoms with van der Waals surface area (Å²) >= 11 is 0. The highest BCUT2D eigenvalue weighted by molar-refractivity contribution is 7.66. The maximum Gasteiger partial charge on any atom is 0.490 e. The molecule has 53 heavy (non-hydrogen) atoms. The second-order valence-electron chi connectivity index (χ2n) is 12.2. The molecule has 0 spiro atoms. The average molecular weight is 814 g/mol. The van der Waals surface area contributed by atoms with Gasteiger partial charge in [0.05, 0.1) is 33.2 Å². The molecular weight excluding hydrogens is 783 g/mol. The van der Waals surface area contributed by atoms with Crippen molar-refractivity contribution in [2.75, 3.05) is 25.6 Å². The Morgan fingerprint density at radius 2 is 1.74 bits per heavy atom. The number of nitrogens with two attached hydrogens (primary N) is 1. The van der Waals surface area contributed by atoms with Crippen LogP contribution in [0.2, 0.25) is 0 Å². The number of hydrogen-bond donors (Lipinski definition) is 9. The van der Waals surface area contributed by atoms with E-state index in [9.17, 15) is 53.3 Å². The summed E-state index contributed by atoms with van der Waals surface area (Å²) in [5, 5.41) is 32.0. The molecule has 3 saturated heterocycles. The third-order valence-corrected chi connectivity index (χ3v) is 12.8. The highest BCUT2D eigenvalue weighted by Crippen LogP contribution is 2.68. The second-order valence-corrected chi connectivity index (χ2v) is 16.8. The summed E-state index contributed by atoms with van der Waals surface area (Å²) in [6.07, 6.45) is -7.83. The minimum absolute atomic E-state index is 0.0210. The van der Waals surface area contributed by atoms with Gasteiger partial charge in [0, 0.05) is 0 Å². The lowest BCUT2D eigenvalue weighted by Gasteiger charge is -2.29. The zero-order valence-corrected chi connectivity index (χ0v) is 29.7. The van der Waals surface area contributed by atoms with Gasteiger partial charge >= 0.3 is 29.1 Å². The molecule has 0 aromatic carbocycles. The van der Waals surface area contributed by atoms with Crippen molar-refractivity contribution in [1.29, 1.82) is 0 Å². The Hall–Kier alpha value is -3.33. The van der Waals surface area contributed by atoms with Crippen LogP contribution < -0.4 is 21.4 Å². The zero-order valence-electron chi connectivity index (χ0n) is 27.0. The van der Waals surface area contributed by atoms with Gasteiger partial charge in [0.15, 0.2) is 23.7 Å². The number of nitrogens with zero attached hydrogens (tertiary/aromatic N) is 6. The number of nitrogen functional groups attached to an aromatic ring is 1. The summed E-state index contributed by atoms with van der Waals surface area (Å²) in [5.41, 5.74) is 2.64. The van der Waals surface area contributed by atoms with Gasteiger partial charge in [-0.25, -0.2) is 28.2 Å². The Morgan fingerprint density at radius 3 is 2.45 bits per heavy atom. The van der Waals surface area contributed by atoms with Crippen LogP contribution in [0.15, 0.2) is 22.2 Å². The fourth-order valence-electron chi connectivity index (χ4n) is 6.19. The first kappa shape index (κ1) is 38.0. The molecule has 7 heterocycles. The Balaban J connectivity index is 0.968. The number of aromatic amines is 2. The monoisotopic (exact) mass is 814 g/mol. The number of phosphoric acid groups is 3. The van der Waals surface area contributed by atoms with E-state index in [4.69, 9.17) is 24.5 Å². The van der Waals surface area contributed by atoms with Gasteiger partial charge in [0.25, 0.3) is 17.1 Å². The number of nitrogens with one attached hydrogen (secondary N) is 2. The van der Waals surface area contributed by atoms with E-state index < -0.39 is 103 Å². The molecule has 290 valence electrons. The van der Waals surface area contributed by atoms with Gasteiger partial charge in [-0.05, 0) is 6.92 Å². The summed E-state index contributed by atoms with van der Waals surface area (Å²) in [7, 11) is -15.8. The normalized spacial score (nSPS) is 32.0. The average Bonchev–Trinajstić information content (AvgIpc) is 3.82. The van der Waals surface area contributed by atoms with Crippen LogP contribution in [0.4, 0.5) is 5.95 Å². The van der Waals surface area contributed by atoms with Crippen LogP contribution in [-0.4, -0.2) is 120 Å². The molecule has 0 amide bonds. The first-order valence-electron chi connectivity index (χ1n) is 15.1. The number of anilines is 1. The van der Waals surface area contributed by atoms with E-state index in [1.807, 2.05) is 0 Å². The molecule has 3 fully saturated rings. The van der Waals surface area contributed by atoms with Crippen LogP contribution in [0.3, 0.4) is 0 Å². The topological polar surface area (TPSA) is 381 Å². The standard InChI is InChI=1S/C23H30N9O18P3/c1-8-26-16-10(18(36)27-8)25-6-31(16)20-13(34)12(33)9(47-20)3-45-51(38,39)49-53(42,43)50-52(40,41)46-5-23-4-44-14(15(23)35)21(48-23)32-7-30(2)11-17(32)28-22(24)29-19(11)37/h6-7,9,12-15,20-21,33-35H,3-5H2,1-2H3,(H6-,24,26,27,28,29,36,37,38,39,40,41,42,43)/p+1/t9-,12?,13+,14+,15?,20-,21-,23-/m1/s1. The molecule has 0 radical (unpaired) electrons. The fraction of sp³-hybridized carbons (Fsp3) is 0.565. The number of aliphatic hydroxyl groups is 3. The van der Waals surface area contributed by atoms with Crippen molar-refractivity contribution in [3.8, 4) is 0 Å². The van der Waals surface area contributed by atoms with Crippen LogP contribution in [0, 0.1) is 6.92 Å². The molecule has 5 unspecified atom stereocenters. The third-order valence-electron chi connectivity index (χ3n) is 8.52. The Labute approximate surface area is 293 Å². The number of phosphoric ester groups is 2. The molecule has 30 heteroatoms. The molecule has 0 aliphatic carbocycles. The molecule has 7 rings (SSSR count). The molecule has 27 nitrogen and oxygen atoms in total. The molecular formula is C23H31N9O18P3+. The van der Waals surface area contributed by atoms with Crippen molar-refractivity contribution < 1.29 is 80.1 Å². The molecule has 2 bridgehead atoms. The van der Waals surface area contributed by atoms with Crippen molar-refractivity contribution in [3.05, 3.63) is 39.2 Å². The van der Waals surface area contributed by atoms with E-state index in [-0.39, 0.29) is 34.1 Å². The molecule has 11 atom stereocenters. The second kappa shape index (κ2) is 13.2. The highest BCUT2D eigenvalue weighted by atomic mass is 31.3. The van der Waals surface area contributed by atoms with E-state index in [2.05, 4.69) is 38.1 Å². The number of aromatic nitrogens is 8. The lowest BCUT2D eigenvalue weighted by Crippen LogP contribution is -2.50. The Bertz CT molecular complexity index is 2370. The number of ether oxygens (including phenoxy) is 3. The van der Waals surface area contributed by atoms with Gasteiger partial charge in [-0.1, -0.05) is 4.98 Å². The number of aryl methyl sites for hydroxylation is 2. The number of H-pyrrole nitrogens is 2. The van der Waals surface area contributed by atoms with Gasteiger partial charge in [-0.15, -0.1) is 0 Å². The predicted molar refractivity (Wildman–Crippen MR) is 167 cm³/mol. The molecule has 4 aromatic rings. The summed E-state index contributed by atoms with van der Waals surface area (Å²) in [6, 6.07) is 0. The van der Waals surface area contributed by atoms with Crippen LogP contribution in [-0.2, 0) is 52.6 Å². The third kappa shape index (κ3) is 6.93. The van der Waals surface area contributed by atoms with Crippen molar-refractivity contribution >= 4 is 51.7 Å². The number of rotatable bonds is 12. The summed E-state index contributed by atoms with van der Waals surface area (Å²) in [5.74, 6) is -0.0244. The lowest BCUT2D eigenvalue weighted by atomic mass is 10.0. The number of hydrogen-bond acceptors (Lipinski definition) is 19. The van der Waals surface area contributed by atoms with E-state index in [0.29, 0.717) is 0 Å². The minimum Gasteiger partial charge on any atom is -0.387 e. The largest absolute Gasteiger partial charge is 0.490 e. The van der Waals surface area contributed by atoms with Crippen molar-refractivity contribution in [3.63, 3.8) is 0 Å². The van der Waals surface area contributed by atoms with Crippen molar-refractivity contribution in [1.82, 2.24) is 34.1 Å². The number of imidazole rings is 2. The summed E-state index contributed by atoms with van der Waals surface area (Å²) < 4.78 is 76.4. The van der Waals surface area contributed by atoms with E-state index >= 15 is 0 Å². The van der Waals surface area contributed by atoms with Crippen molar-refractivity contribution in [2.24, 2.45) is 7.05 Å². The molecule has 4 aromatic heterocycles. The smallest absolute Gasteiger partial charge is 0.387 e.